The molecule has 0 aliphatic rings. The number of fused-ring (bicyclic) bond motifs is 6. The zero-order chi connectivity index (χ0) is 67.2. The second-order valence-electron chi connectivity index (χ2n) is 24.3. The monoisotopic (exact) mass is 1270 g/mol. The second-order valence-corrected chi connectivity index (χ2v) is 24.3. The van der Waals surface area contributed by atoms with E-state index in [1.54, 1.807) is 12.1 Å². The summed E-state index contributed by atoms with van der Waals surface area (Å²) in [6.07, 6.45) is 0. The highest BCUT2D eigenvalue weighted by Gasteiger charge is 2.24. The largest absolute Gasteiger partial charge is 0.309 e. The first-order chi connectivity index (χ1) is 49.3. The van der Waals surface area contributed by atoms with Crippen molar-refractivity contribution in [2.75, 3.05) is 0 Å². The van der Waals surface area contributed by atoms with Crippen LogP contribution < -0.4 is 0 Å². The van der Waals surface area contributed by atoms with Crippen molar-refractivity contribution in [2.45, 2.75) is 0 Å². The zero-order valence-electron chi connectivity index (χ0n) is 53.2. The molecule has 4 heterocycles. The van der Waals surface area contributed by atoms with E-state index in [1.807, 2.05) is 152 Å². The van der Waals surface area contributed by atoms with Crippen LogP contribution in [0.25, 0.3) is 178 Å². The average Bonchev–Trinajstić information content (AvgIpc) is 1.58. The molecule has 12 nitrogen and oxygen atoms in total. The smallest absolute Gasteiger partial charge is 0.189 e. The van der Waals surface area contributed by atoms with Gasteiger partial charge in [-0.1, -0.05) is 194 Å². The number of hydrogen-bond donors (Lipinski definition) is 0. The van der Waals surface area contributed by atoms with Crippen LogP contribution in [0, 0.1) is 35.8 Å². The summed E-state index contributed by atoms with van der Waals surface area (Å²) < 4.78 is 4.57. The molecule has 0 fully saturated rings. The Morgan fingerprint density at radius 1 is 0.260 bits per heavy atom. The Morgan fingerprint density at radius 3 is 1.09 bits per heavy atom. The molecule has 0 radical (unpaired) electrons. The van der Waals surface area contributed by atoms with Crippen molar-refractivity contribution in [1.82, 2.24) is 39.0 Å². The Morgan fingerprint density at radius 2 is 0.610 bits per heavy atom. The van der Waals surface area contributed by atoms with Gasteiger partial charge in [0.05, 0.1) is 53.0 Å². The summed E-state index contributed by atoms with van der Waals surface area (Å²) in [5.41, 5.74) is 19.1. The van der Waals surface area contributed by atoms with E-state index < -0.39 is 0 Å². The Balaban J connectivity index is 0.880. The molecule has 100 heavy (non-hydrogen) atoms. The third-order valence-electron chi connectivity index (χ3n) is 18.2. The third-order valence-corrected chi connectivity index (χ3v) is 18.2. The van der Waals surface area contributed by atoms with E-state index in [2.05, 4.69) is 170 Å². The summed E-state index contributed by atoms with van der Waals surface area (Å²) in [5, 5.41) is 24.0. The van der Waals surface area contributed by atoms with Gasteiger partial charge in [-0.05, 0) is 154 Å². The molecule has 0 aliphatic heterocycles. The van der Waals surface area contributed by atoms with Crippen molar-refractivity contribution in [1.29, 1.82) is 10.5 Å². The maximum atomic E-state index is 10.0. The minimum absolute atomic E-state index is 0.400. The lowest BCUT2D eigenvalue weighted by Gasteiger charge is -2.17. The van der Waals surface area contributed by atoms with Crippen LogP contribution in [0.2, 0.25) is 0 Å². The van der Waals surface area contributed by atoms with Crippen LogP contribution >= 0.6 is 0 Å². The van der Waals surface area contributed by atoms with Gasteiger partial charge in [0.2, 0.25) is 0 Å². The average molecular weight is 1280 g/mol. The predicted octanol–water partition coefficient (Wildman–Crippen LogP) is 21.8. The summed E-state index contributed by atoms with van der Waals surface area (Å²) in [5.74, 6) is 3.10. The van der Waals surface area contributed by atoms with E-state index in [1.165, 1.54) is 0 Å². The maximum Gasteiger partial charge on any atom is 0.189 e. The van der Waals surface area contributed by atoms with Crippen molar-refractivity contribution in [2.24, 2.45) is 0 Å². The van der Waals surface area contributed by atoms with Gasteiger partial charge in [0, 0.05) is 71.7 Å². The van der Waals surface area contributed by atoms with E-state index in [0.717, 1.165) is 133 Å². The predicted molar refractivity (Wildman–Crippen MR) is 398 cm³/mol. The van der Waals surface area contributed by atoms with Gasteiger partial charge in [-0.25, -0.2) is 39.6 Å². The summed E-state index contributed by atoms with van der Waals surface area (Å²) in [6, 6.07) is 106. The van der Waals surface area contributed by atoms with Crippen molar-refractivity contribution in [3.05, 3.63) is 337 Å². The molecule has 17 rings (SSSR count). The van der Waals surface area contributed by atoms with Crippen molar-refractivity contribution in [3.8, 4) is 136 Å². The molecule has 0 unspecified atom stereocenters. The van der Waals surface area contributed by atoms with Crippen LogP contribution in [0.5, 0.6) is 0 Å². The quantitative estimate of drug-likeness (QED) is 0.110. The second kappa shape index (κ2) is 25.0. The molecule has 0 atom stereocenters. The molecule has 0 amide bonds. The maximum absolute atomic E-state index is 10.0. The Labute approximate surface area is 574 Å². The first-order valence-electron chi connectivity index (χ1n) is 32.4. The molecule has 12 heteroatoms. The van der Waals surface area contributed by atoms with Gasteiger partial charge < -0.3 is 9.13 Å². The Hall–Kier alpha value is -14.6. The molecule has 0 N–H and O–H groups in total. The summed E-state index contributed by atoms with van der Waals surface area (Å²) in [6.45, 7) is 15.7. The van der Waals surface area contributed by atoms with Crippen LogP contribution in [0.15, 0.2) is 303 Å². The molecule has 4 aromatic heterocycles. The fraction of sp³-hybridized carbons (Fsp3) is 0. The molecule has 462 valence electrons. The number of aromatic nitrogens is 8. The van der Waals surface area contributed by atoms with Gasteiger partial charge in [0.25, 0.3) is 0 Å². The normalized spacial score (nSPS) is 11.2. The third kappa shape index (κ3) is 10.9. The first-order valence-corrected chi connectivity index (χ1v) is 32.4. The SMILES string of the molecule is [C-]#[N+]c1cc(C#N)cc(-c2ccc3c(c2)c2ccccc2n3-c2cc(-c3cccc(-c4ccc(-n5c6ccccc6c6cc(-c7cc(C#N)cc([N+]#[C-])c7)ccc65)c(-c5nc(-c6ccccc6)nc(-c6ccccc6)n5)c4)c3)cc(-c3nc(-c4ccccc4)nc(-c4ccccc4)n3)c2)c1. The molecule has 13 aromatic carbocycles. The fourth-order valence-corrected chi connectivity index (χ4v) is 13.5. The van der Waals surface area contributed by atoms with Crippen LogP contribution in [-0.2, 0) is 0 Å². The minimum atomic E-state index is 0.400. The lowest BCUT2D eigenvalue weighted by atomic mass is 9.95. The molecule has 0 spiro atoms. The van der Waals surface area contributed by atoms with Crippen LogP contribution in [0.4, 0.5) is 11.4 Å². The van der Waals surface area contributed by atoms with Gasteiger partial charge in [-0.15, -0.1) is 0 Å². The van der Waals surface area contributed by atoms with Gasteiger partial charge in [-0.3, -0.25) is 0 Å². The number of hydrogen-bond acceptors (Lipinski definition) is 8. The van der Waals surface area contributed by atoms with Crippen molar-refractivity contribution in [3.63, 3.8) is 0 Å². The summed E-state index contributed by atoms with van der Waals surface area (Å²) >= 11 is 0. The molecular weight excluding hydrogens is 1230 g/mol. The molecule has 0 saturated heterocycles. The van der Waals surface area contributed by atoms with Crippen LogP contribution in [-0.4, -0.2) is 39.0 Å². The molecule has 0 saturated carbocycles. The number of benzene rings is 13. The van der Waals surface area contributed by atoms with Crippen LogP contribution in [0.3, 0.4) is 0 Å². The topological polar surface area (TPSA) is 144 Å². The highest BCUT2D eigenvalue weighted by atomic mass is 15.1. The van der Waals surface area contributed by atoms with Gasteiger partial charge in [0.15, 0.2) is 46.3 Å². The molecule has 17 aromatic rings. The Kier molecular flexibility index (Phi) is 14.8. The minimum Gasteiger partial charge on any atom is -0.309 e. The van der Waals surface area contributed by atoms with E-state index in [0.29, 0.717) is 57.4 Å². The fourth-order valence-electron chi connectivity index (χ4n) is 13.5. The number of nitriles is 2. The van der Waals surface area contributed by atoms with Crippen molar-refractivity contribution >= 4 is 55.0 Å². The van der Waals surface area contributed by atoms with Crippen LogP contribution in [0.1, 0.15) is 11.1 Å². The van der Waals surface area contributed by atoms with Gasteiger partial charge >= 0.3 is 0 Å². The molecule has 0 aliphatic carbocycles. The van der Waals surface area contributed by atoms with E-state index >= 15 is 0 Å². The van der Waals surface area contributed by atoms with E-state index in [-0.39, 0.29) is 0 Å². The van der Waals surface area contributed by atoms with Gasteiger partial charge in [-0.2, -0.15) is 10.5 Å². The molecule has 0 bridgehead atoms. The number of nitrogens with zero attached hydrogens (tertiary/aromatic N) is 12. The first kappa shape index (κ1) is 59.2. The summed E-state index contributed by atoms with van der Waals surface area (Å²) in [4.78, 5) is 39.0. The highest BCUT2D eigenvalue weighted by molar-refractivity contribution is 6.12. The Bertz CT molecular complexity index is 6150. The van der Waals surface area contributed by atoms with E-state index in [9.17, 15) is 10.5 Å². The lowest BCUT2D eigenvalue weighted by molar-refractivity contribution is 1.06. The standard InChI is InChI=1S/C88H50N12/c1-91-70-42-55(53-89)40-66(46-70)64-35-37-80-75(50-64)73-30-15-17-32-78(73)99(80)72-48-68(45-69(49-72)87-95-83(57-20-7-3-8-21-57)93-84(96-87)58-22-9-4-10-23-58)62-29-19-28-61(44-62)63-34-39-82(77(52-63)88-97-85(59-24-11-5-12-25-59)94-86(98-88)60-26-13-6-14-27-60)100-79-33-18-16-31-74(79)76-51-65(36-38-81(76)100)67-41-56(54-90)43-71(47-67)92-2/h3-52H. The highest BCUT2D eigenvalue weighted by Crippen LogP contribution is 2.43. The number of para-hydroxylation sites is 2. The zero-order valence-corrected chi connectivity index (χ0v) is 53.2. The number of rotatable bonds is 12. The van der Waals surface area contributed by atoms with E-state index in [4.69, 9.17) is 43.0 Å². The summed E-state index contributed by atoms with van der Waals surface area (Å²) in [7, 11) is 0. The lowest BCUT2D eigenvalue weighted by Crippen LogP contribution is -2.04. The van der Waals surface area contributed by atoms with Gasteiger partial charge in [0.1, 0.15) is 0 Å². The molecular formula is C88H50N12. The van der Waals surface area contributed by atoms with Crippen molar-refractivity contribution < 1.29 is 0 Å².